The smallest absolute Gasteiger partial charge is 0.349 e. The van der Waals surface area contributed by atoms with Crippen LogP contribution in [0.15, 0.2) is 79.4 Å². The fourth-order valence-corrected chi connectivity index (χ4v) is 3.09. The van der Waals surface area contributed by atoms with Crippen LogP contribution in [0.4, 0.5) is 5.69 Å². The number of anilines is 1. The second kappa shape index (κ2) is 10.3. The van der Waals surface area contributed by atoms with E-state index in [2.05, 4.69) is 11.9 Å². The fraction of sp³-hybridized carbons (Fsp3) is 0.154. The summed E-state index contributed by atoms with van der Waals surface area (Å²) in [6, 6.07) is 19.7. The number of amides is 1. The summed E-state index contributed by atoms with van der Waals surface area (Å²) in [6.45, 7) is 7.45. The number of carbonyl (C=O) groups excluding carboxylic acids is 2. The summed E-state index contributed by atoms with van der Waals surface area (Å²) >= 11 is 0. The third-order valence-electron chi connectivity index (χ3n) is 4.66. The SMILES string of the molecule is C=CCc1ccccc1OCC(=O)Oc1ccc(C(=O)Nc2ccc(C)cc2C)cc1. The molecule has 0 heterocycles. The maximum atomic E-state index is 12.5. The summed E-state index contributed by atoms with van der Waals surface area (Å²) in [4.78, 5) is 24.6. The molecular formula is C26H25NO4. The molecule has 0 aliphatic heterocycles. The van der Waals surface area contributed by atoms with E-state index in [1.54, 1.807) is 36.4 Å². The van der Waals surface area contributed by atoms with E-state index in [1.807, 2.05) is 50.2 Å². The Morgan fingerprint density at radius 3 is 2.45 bits per heavy atom. The van der Waals surface area contributed by atoms with Crippen molar-refractivity contribution >= 4 is 17.6 Å². The number of aryl methyl sites for hydroxylation is 2. The van der Waals surface area contributed by atoms with Gasteiger partial charge in [-0.05, 0) is 67.8 Å². The molecule has 0 aliphatic rings. The van der Waals surface area contributed by atoms with Crippen molar-refractivity contribution in [2.24, 2.45) is 0 Å². The Hall–Kier alpha value is -3.86. The van der Waals surface area contributed by atoms with Crippen LogP contribution in [-0.4, -0.2) is 18.5 Å². The van der Waals surface area contributed by atoms with E-state index in [0.29, 0.717) is 23.5 Å². The van der Waals surface area contributed by atoms with Gasteiger partial charge in [0, 0.05) is 11.3 Å². The van der Waals surface area contributed by atoms with E-state index in [9.17, 15) is 9.59 Å². The number of nitrogens with one attached hydrogen (secondary N) is 1. The highest BCUT2D eigenvalue weighted by Gasteiger charge is 2.11. The average molecular weight is 415 g/mol. The Bertz CT molecular complexity index is 1090. The highest BCUT2D eigenvalue weighted by molar-refractivity contribution is 6.04. The lowest BCUT2D eigenvalue weighted by Gasteiger charge is -2.11. The molecule has 0 aliphatic carbocycles. The molecule has 3 rings (SSSR count). The van der Waals surface area contributed by atoms with Crippen molar-refractivity contribution < 1.29 is 19.1 Å². The minimum Gasteiger partial charge on any atom is -0.482 e. The van der Waals surface area contributed by atoms with Crippen LogP contribution in [-0.2, 0) is 11.2 Å². The molecule has 158 valence electrons. The van der Waals surface area contributed by atoms with Crippen molar-refractivity contribution in [1.29, 1.82) is 0 Å². The molecule has 5 heteroatoms. The molecular weight excluding hydrogens is 390 g/mol. The third-order valence-corrected chi connectivity index (χ3v) is 4.66. The van der Waals surface area contributed by atoms with Crippen LogP contribution < -0.4 is 14.8 Å². The summed E-state index contributed by atoms with van der Waals surface area (Å²) in [6.07, 6.45) is 2.43. The fourth-order valence-electron chi connectivity index (χ4n) is 3.09. The van der Waals surface area contributed by atoms with Crippen molar-refractivity contribution in [3.63, 3.8) is 0 Å². The summed E-state index contributed by atoms with van der Waals surface area (Å²) in [5.41, 5.74) is 4.31. The van der Waals surface area contributed by atoms with Crippen LogP contribution in [0.3, 0.4) is 0 Å². The van der Waals surface area contributed by atoms with Crippen LogP contribution in [0.25, 0.3) is 0 Å². The van der Waals surface area contributed by atoms with Gasteiger partial charge in [-0.15, -0.1) is 6.58 Å². The predicted octanol–water partition coefficient (Wildman–Crippen LogP) is 5.27. The Kier molecular flexibility index (Phi) is 7.22. The summed E-state index contributed by atoms with van der Waals surface area (Å²) in [7, 11) is 0. The van der Waals surface area contributed by atoms with Crippen molar-refractivity contribution in [2.45, 2.75) is 20.3 Å². The van der Waals surface area contributed by atoms with E-state index >= 15 is 0 Å². The number of esters is 1. The highest BCUT2D eigenvalue weighted by Crippen LogP contribution is 2.20. The number of ether oxygens (including phenoxy) is 2. The molecule has 0 aromatic heterocycles. The van der Waals surface area contributed by atoms with Gasteiger partial charge in [0.1, 0.15) is 11.5 Å². The van der Waals surface area contributed by atoms with Gasteiger partial charge in [0.2, 0.25) is 0 Å². The van der Waals surface area contributed by atoms with Gasteiger partial charge in [-0.25, -0.2) is 4.79 Å². The Morgan fingerprint density at radius 1 is 1.00 bits per heavy atom. The molecule has 3 aromatic carbocycles. The number of rotatable bonds is 8. The lowest BCUT2D eigenvalue weighted by atomic mass is 10.1. The zero-order valence-corrected chi connectivity index (χ0v) is 17.7. The second-order valence-corrected chi connectivity index (χ2v) is 7.16. The van der Waals surface area contributed by atoms with Crippen molar-refractivity contribution in [3.05, 3.63) is 102 Å². The lowest BCUT2D eigenvalue weighted by Crippen LogP contribution is -2.18. The van der Waals surface area contributed by atoms with Crippen LogP contribution in [0.1, 0.15) is 27.0 Å². The van der Waals surface area contributed by atoms with E-state index in [0.717, 1.165) is 22.4 Å². The Morgan fingerprint density at radius 2 is 1.74 bits per heavy atom. The van der Waals surface area contributed by atoms with Gasteiger partial charge in [-0.2, -0.15) is 0 Å². The molecule has 0 atom stereocenters. The van der Waals surface area contributed by atoms with E-state index < -0.39 is 5.97 Å². The minimum atomic E-state index is -0.527. The Balaban J connectivity index is 1.55. The monoisotopic (exact) mass is 415 g/mol. The summed E-state index contributed by atoms with van der Waals surface area (Å²) in [5, 5.41) is 2.89. The molecule has 0 unspecified atom stereocenters. The topological polar surface area (TPSA) is 64.6 Å². The van der Waals surface area contributed by atoms with Crippen molar-refractivity contribution in [1.82, 2.24) is 0 Å². The first-order valence-electron chi connectivity index (χ1n) is 9.97. The number of benzene rings is 3. The molecule has 3 aromatic rings. The molecule has 5 nitrogen and oxygen atoms in total. The van der Waals surface area contributed by atoms with Gasteiger partial charge in [0.25, 0.3) is 5.91 Å². The maximum absolute atomic E-state index is 12.5. The number of para-hydroxylation sites is 1. The van der Waals surface area contributed by atoms with E-state index in [-0.39, 0.29) is 12.5 Å². The zero-order valence-electron chi connectivity index (χ0n) is 17.7. The molecule has 0 radical (unpaired) electrons. The third kappa shape index (κ3) is 6.06. The Labute approximate surface area is 182 Å². The van der Waals surface area contributed by atoms with E-state index in [1.165, 1.54) is 0 Å². The minimum absolute atomic E-state index is 0.219. The van der Waals surface area contributed by atoms with Crippen LogP contribution >= 0.6 is 0 Å². The van der Waals surface area contributed by atoms with Gasteiger partial charge in [0.15, 0.2) is 6.61 Å². The first-order chi connectivity index (χ1) is 15.0. The second-order valence-electron chi connectivity index (χ2n) is 7.16. The number of allylic oxidation sites excluding steroid dienone is 1. The summed E-state index contributed by atoms with van der Waals surface area (Å²) < 4.78 is 10.9. The number of hydrogen-bond acceptors (Lipinski definition) is 4. The normalized spacial score (nSPS) is 10.3. The molecule has 31 heavy (non-hydrogen) atoms. The van der Waals surface area contributed by atoms with Crippen molar-refractivity contribution in [3.8, 4) is 11.5 Å². The van der Waals surface area contributed by atoms with Gasteiger partial charge in [0.05, 0.1) is 0 Å². The lowest BCUT2D eigenvalue weighted by molar-refractivity contribution is -0.136. The number of hydrogen-bond donors (Lipinski definition) is 1. The molecule has 0 saturated heterocycles. The van der Waals surface area contributed by atoms with Crippen molar-refractivity contribution in [2.75, 3.05) is 11.9 Å². The molecule has 1 amide bonds. The van der Waals surface area contributed by atoms with Gasteiger partial charge >= 0.3 is 5.97 Å². The van der Waals surface area contributed by atoms with Gasteiger partial charge in [-0.1, -0.05) is 42.0 Å². The zero-order chi connectivity index (χ0) is 22.2. The largest absolute Gasteiger partial charge is 0.482 e. The first kappa shape index (κ1) is 21.8. The summed E-state index contributed by atoms with van der Waals surface area (Å²) in [5.74, 6) is 0.210. The quantitative estimate of drug-likeness (QED) is 0.309. The molecule has 1 N–H and O–H groups in total. The first-order valence-corrected chi connectivity index (χ1v) is 9.97. The maximum Gasteiger partial charge on any atom is 0.349 e. The standard InChI is InChI=1S/C26H25NO4/c1-4-7-20-8-5-6-9-24(20)30-17-25(28)31-22-13-11-21(12-14-22)26(29)27-23-15-10-18(2)16-19(23)3/h4-6,8-16H,1,7,17H2,2-3H3,(H,27,29). The molecule has 0 spiro atoms. The molecule has 0 fully saturated rings. The predicted molar refractivity (Wildman–Crippen MR) is 122 cm³/mol. The van der Waals surface area contributed by atoms with Crippen LogP contribution in [0.2, 0.25) is 0 Å². The van der Waals surface area contributed by atoms with Gasteiger partial charge < -0.3 is 14.8 Å². The molecule has 0 bridgehead atoms. The molecule has 0 saturated carbocycles. The van der Waals surface area contributed by atoms with Crippen LogP contribution in [0.5, 0.6) is 11.5 Å². The number of carbonyl (C=O) groups is 2. The van der Waals surface area contributed by atoms with Gasteiger partial charge in [-0.3, -0.25) is 4.79 Å². The van der Waals surface area contributed by atoms with E-state index in [4.69, 9.17) is 9.47 Å². The van der Waals surface area contributed by atoms with Crippen LogP contribution in [0, 0.1) is 13.8 Å². The average Bonchev–Trinajstić information content (AvgIpc) is 2.76. The highest BCUT2D eigenvalue weighted by atomic mass is 16.6.